The lowest BCUT2D eigenvalue weighted by Crippen LogP contribution is -2.14. The number of benzene rings is 2. The molecule has 0 aliphatic heterocycles. The number of sulfonamides is 1. The summed E-state index contributed by atoms with van der Waals surface area (Å²) in [5.41, 5.74) is -1.37. The molecule has 0 radical (unpaired) electrons. The molecule has 0 aliphatic carbocycles. The number of rotatable bonds is 3. The molecule has 0 bridgehead atoms. The van der Waals surface area contributed by atoms with Crippen molar-refractivity contribution in [1.29, 1.82) is 0 Å². The zero-order valence-electron chi connectivity index (χ0n) is 11.6. The minimum absolute atomic E-state index is 0.0861. The van der Waals surface area contributed by atoms with Crippen molar-refractivity contribution in [2.45, 2.75) is 18.0 Å². The molecule has 0 unspecified atom stereocenters. The average molecular weight is 368 g/mol. The van der Waals surface area contributed by atoms with Crippen LogP contribution in [0.5, 0.6) is 0 Å². The van der Waals surface area contributed by atoms with Crippen LogP contribution in [0.2, 0.25) is 5.02 Å². The number of halogens is 5. The van der Waals surface area contributed by atoms with Gasteiger partial charge in [-0.3, -0.25) is 4.72 Å². The summed E-state index contributed by atoms with van der Waals surface area (Å²) >= 11 is 5.74. The van der Waals surface area contributed by atoms with Crippen molar-refractivity contribution in [2.24, 2.45) is 0 Å². The normalized spacial score (nSPS) is 12.3. The van der Waals surface area contributed by atoms with Crippen molar-refractivity contribution in [3.63, 3.8) is 0 Å². The van der Waals surface area contributed by atoms with Gasteiger partial charge in [-0.1, -0.05) is 11.6 Å². The maximum Gasteiger partial charge on any atom is 0.416 e. The minimum Gasteiger partial charge on any atom is -0.278 e. The van der Waals surface area contributed by atoms with Gasteiger partial charge in [0, 0.05) is 0 Å². The van der Waals surface area contributed by atoms with Crippen LogP contribution in [0.1, 0.15) is 11.1 Å². The minimum atomic E-state index is -4.64. The Hall–Kier alpha value is -1.80. The summed E-state index contributed by atoms with van der Waals surface area (Å²) in [5, 5.41) is -0.194. The third-order valence-corrected chi connectivity index (χ3v) is 4.67. The summed E-state index contributed by atoms with van der Waals surface area (Å²) < 4.78 is 77.7. The van der Waals surface area contributed by atoms with E-state index in [4.69, 9.17) is 11.6 Å². The van der Waals surface area contributed by atoms with Crippen molar-refractivity contribution >= 4 is 27.3 Å². The molecule has 3 nitrogen and oxygen atoms in total. The van der Waals surface area contributed by atoms with Crippen molar-refractivity contribution < 1.29 is 26.0 Å². The maximum atomic E-state index is 13.2. The van der Waals surface area contributed by atoms with E-state index in [0.717, 1.165) is 30.3 Å². The van der Waals surface area contributed by atoms with Crippen LogP contribution in [0.25, 0.3) is 0 Å². The zero-order valence-corrected chi connectivity index (χ0v) is 13.2. The van der Waals surface area contributed by atoms with E-state index in [-0.39, 0.29) is 15.5 Å². The lowest BCUT2D eigenvalue weighted by Gasteiger charge is -2.13. The van der Waals surface area contributed by atoms with Crippen LogP contribution in [0.15, 0.2) is 41.3 Å². The van der Waals surface area contributed by atoms with Crippen LogP contribution < -0.4 is 4.72 Å². The van der Waals surface area contributed by atoms with Crippen molar-refractivity contribution in [3.8, 4) is 0 Å². The Morgan fingerprint density at radius 2 is 1.74 bits per heavy atom. The lowest BCUT2D eigenvalue weighted by atomic mass is 10.2. The second-order valence-electron chi connectivity index (χ2n) is 4.71. The monoisotopic (exact) mass is 367 g/mol. The van der Waals surface area contributed by atoms with Gasteiger partial charge in [-0.25, -0.2) is 12.8 Å². The summed E-state index contributed by atoms with van der Waals surface area (Å²) in [5.74, 6) is -0.596. The Kier molecular flexibility index (Phi) is 4.59. The molecule has 0 saturated heterocycles. The molecule has 2 rings (SSSR count). The lowest BCUT2D eigenvalue weighted by molar-refractivity contribution is -0.137. The van der Waals surface area contributed by atoms with Gasteiger partial charge in [-0.2, -0.15) is 13.2 Å². The van der Waals surface area contributed by atoms with Crippen LogP contribution in [0.3, 0.4) is 0 Å². The van der Waals surface area contributed by atoms with Gasteiger partial charge in [-0.05, 0) is 48.9 Å². The molecule has 124 valence electrons. The quantitative estimate of drug-likeness (QED) is 0.805. The van der Waals surface area contributed by atoms with E-state index in [1.807, 2.05) is 4.72 Å². The summed E-state index contributed by atoms with van der Waals surface area (Å²) in [4.78, 5) is -0.287. The van der Waals surface area contributed by atoms with Crippen LogP contribution >= 0.6 is 11.6 Å². The molecule has 0 saturated carbocycles. The first-order valence-electron chi connectivity index (χ1n) is 6.16. The van der Waals surface area contributed by atoms with Gasteiger partial charge in [0.1, 0.15) is 5.82 Å². The molecule has 2 aromatic carbocycles. The van der Waals surface area contributed by atoms with Gasteiger partial charge in [-0.15, -0.1) is 0 Å². The summed E-state index contributed by atoms with van der Waals surface area (Å²) in [6.07, 6.45) is -4.64. The Morgan fingerprint density at radius 1 is 1.09 bits per heavy atom. The summed E-state index contributed by atoms with van der Waals surface area (Å²) in [6, 6.07) is 5.31. The SMILES string of the molecule is Cc1cc(S(=O)(=O)Nc2cc(C(F)(F)F)ccc2Cl)ccc1F. The van der Waals surface area contributed by atoms with Gasteiger partial charge in [0.05, 0.1) is 21.2 Å². The van der Waals surface area contributed by atoms with Gasteiger partial charge in [0.2, 0.25) is 0 Å². The topological polar surface area (TPSA) is 46.2 Å². The molecule has 0 aromatic heterocycles. The first kappa shape index (κ1) is 17.6. The second-order valence-corrected chi connectivity index (χ2v) is 6.80. The maximum absolute atomic E-state index is 13.2. The molecule has 0 amide bonds. The molecule has 0 heterocycles. The van der Waals surface area contributed by atoms with Gasteiger partial charge in [0.25, 0.3) is 10.0 Å². The predicted octanol–water partition coefficient (Wildman–Crippen LogP) is 4.61. The number of hydrogen-bond donors (Lipinski definition) is 1. The Labute approximate surface area is 134 Å². The third-order valence-electron chi connectivity index (χ3n) is 2.98. The van der Waals surface area contributed by atoms with E-state index in [1.165, 1.54) is 6.92 Å². The highest BCUT2D eigenvalue weighted by molar-refractivity contribution is 7.92. The molecule has 0 aliphatic rings. The summed E-state index contributed by atoms with van der Waals surface area (Å²) in [7, 11) is -4.21. The van der Waals surface area contributed by atoms with E-state index in [1.54, 1.807) is 0 Å². The van der Waals surface area contributed by atoms with Crippen LogP contribution in [-0.4, -0.2) is 8.42 Å². The Morgan fingerprint density at radius 3 is 2.30 bits per heavy atom. The van der Waals surface area contributed by atoms with E-state index in [0.29, 0.717) is 6.07 Å². The third kappa shape index (κ3) is 3.94. The molecule has 0 spiro atoms. The summed E-state index contributed by atoms with van der Waals surface area (Å²) in [6.45, 7) is 1.37. The molecule has 0 fully saturated rings. The highest BCUT2D eigenvalue weighted by Crippen LogP contribution is 2.34. The van der Waals surface area contributed by atoms with Crippen molar-refractivity contribution in [1.82, 2.24) is 0 Å². The molecule has 0 atom stereocenters. The largest absolute Gasteiger partial charge is 0.416 e. The van der Waals surface area contributed by atoms with E-state index in [2.05, 4.69) is 0 Å². The Bertz CT molecular complexity index is 850. The number of anilines is 1. The number of alkyl halides is 3. The number of aryl methyl sites for hydroxylation is 1. The van der Waals surface area contributed by atoms with Gasteiger partial charge in [0.15, 0.2) is 0 Å². The van der Waals surface area contributed by atoms with E-state index in [9.17, 15) is 26.0 Å². The molecular weight excluding hydrogens is 358 g/mol. The highest BCUT2D eigenvalue weighted by atomic mass is 35.5. The number of nitrogens with one attached hydrogen (secondary N) is 1. The van der Waals surface area contributed by atoms with E-state index >= 15 is 0 Å². The van der Waals surface area contributed by atoms with Crippen LogP contribution in [0.4, 0.5) is 23.2 Å². The van der Waals surface area contributed by atoms with Crippen molar-refractivity contribution in [3.05, 3.63) is 58.4 Å². The molecular formula is C14H10ClF4NO2S. The molecule has 23 heavy (non-hydrogen) atoms. The first-order chi connectivity index (χ1) is 10.5. The predicted molar refractivity (Wildman–Crippen MR) is 78.4 cm³/mol. The number of hydrogen-bond acceptors (Lipinski definition) is 2. The first-order valence-corrected chi connectivity index (χ1v) is 8.02. The van der Waals surface area contributed by atoms with E-state index < -0.39 is 33.3 Å². The molecule has 2 aromatic rings. The zero-order chi connectivity index (χ0) is 17.4. The smallest absolute Gasteiger partial charge is 0.278 e. The fraction of sp³-hybridized carbons (Fsp3) is 0.143. The van der Waals surface area contributed by atoms with Gasteiger partial charge >= 0.3 is 6.18 Å². The highest BCUT2D eigenvalue weighted by Gasteiger charge is 2.31. The van der Waals surface area contributed by atoms with Crippen LogP contribution in [-0.2, 0) is 16.2 Å². The average Bonchev–Trinajstić information content (AvgIpc) is 2.42. The Balaban J connectivity index is 2.42. The fourth-order valence-corrected chi connectivity index (χ4v) is 3.14. The molecule has 1 N–H and O–H groups in total. The molecule has 9 heteroatoms. The fourth-order valence-electron chi connectivity index (χ4n) is 1.77. The second kappa shape index (κ2) is 6.01. The van der Waals surface area contributed by atoms with Crippen molar-refractivity contribution in [2.75, 3.05) is 4.72 Å². The standard InChI is InChI=1S/C14H10ClF4NO2S/c1-8-6-10(3-5-12(8)16)23(21,22)20-13-7-9(14(17,18)19)2-4-11(13)15/h2-7,20H,1H3. The van der Waals surface area contributed by atoms with Crippen LogP contribution in [0, 0.1) is 12.7 Å². The van der Waals surface area contributed by atoms with Gasteiger partial charge < -0.3 is 0 Å².